The second-order valence-electron chi connectivity index (χ2n) is 7.77. The van der Waals surface area contributed by atoms with E-state index in [1.807, 2.05) is 20.8 Å². The number of carbonyl (C=O) groups is 1. The van der Waals surface area contributed by atoms with Crippen LogP contribution in [0.5, 0.6) is 5.75 Å². The summed E-state index contributed by atoms with van der Waals surface area (Å²) in [4.78, 5) is 20.1. The lowest BCUT2D eigenvalue weighted by molar-refractivity contribution is -0.274. The Morgan fingerprint density at radius 3 is 2.27 bits per heavy atom. The van der Waals surface area contributed by atoms with E-state index in [-0.39, 0.29) is 17.8 Å². The molecule has 0 radical (unpaired) electrons. The molecule has 3 N–H and O–H groups in total. The van der Waals surface area contributed by atoms with E-state index in [1.54, 1.807) is 4.90 Å². The number of hydrogen-bond acceptors (Lipinski definition) is 5. The van der Waals surface area contributed by atoms with Gasteiger partial charge in [0.05, 0.1) is 6.54 Å². The average molecular weight is 431 g/mol. The third kappa shape index (κ3) is 8.76. The molecule has 0 aromatic heterocycles. The number of piperazine rings is 1. The molecule has 1 aromatic rings. The van der Waals surface area contributed by atoms with Crippen molar-refractivity contribution in [2.24, 2.45) is 10.7 Å². The van der Waals surface area contributed by atoms with E-state index in [0.717, 1.165) is 0 Å². The Labute approximate surface area is 173 Å². The summed E-state index contributed by atoms with van der Waals surface area (Å²) in [7, 11) is 0. The van der Waals surface area contributed by atoms with E-state index in [1.165, 1.54) is 24.3 Å². The lowest BCUT2D eigenvalue weighted by Crippen LogP contribution is -2.50. The van der Waals surface area contributed by atoms with Crippen LogP contribution >= 0.6 is 0 Å². The lowest BCUT2D eigenvalue weighted by atomic mass is 10.2. The van der Waals surface area contributed by atoms with Crippen LogP contribution in [0.25, 0.3) is 0 Å². The summed E-state index contributed by atoms with van der Waals surface area (Å²) < 4.78 is 45.7. The van der Waals surface area contributed by atoms with Gasteiger partial charge in [-0.15, -0.1) is 13.2 Å². The van der Waals surface area contributed by atoms with Crippen LogP contribution in [0.4, 0.5) is 23.7 Å². The molecule has 1 fully saturated rings. The van der Waals surface area contributed by atoms with E-state index in [0.29, 0.717) is 45.0 Å². The maximum Gasteiger partial charge on any atom is 0.573 e. The smallest absolute Gasteiger partial charge is 0.444 e. The maximum absolute atomic E-state index is 12.2. The van der Waals surface area contributed by atoms with Crippen LogP contribution in [-0.4, -0.2) is 73.1 Å². The van der Waals surface area contributed by atoms with Crippen molar-refractivity contribution < 1.29 is 27.4 Å². The minimum Gasteiger partial charge on any atom is -0.444 e. The van der Waals surface area contributed by atoms with Crippen molar-refractivity contribution in [3.05, 3.63) is 24.3 Å². The number of benzene rings is 1. The lowest BCUT2D eigenvalue weighted by Gasteiger charge is -2.35. The topological polar surface area (TPSA) is 92.4 Å². The van der Waals surface area contributed by atoms with Gasteiger partial charge in [0.25, 0.3) is 0 Å². The van der Waals surface area contributed by atoms with E-state index in [9.17, 15) is 18.0 Å². The normalized spacial score (nSPS) is 16.3. The molecule has 11 heteroatoms. The SMILES string of the molecule is CC(C)(C)OC(=O)N1CCN(CCN=C(N)Nc2ccc(OC(F)(F)F)cc2)CC1. The number of nitrogens with zero attached hydrogens (tertiary/aromatic N) is 3. The Morgan fingerprint density at radius 2 is 1.73 bits per heavy atom. The Balaban J connectivity index is 1.71. The molecule has 1 aliphatic heterocycles. The first-order valence-corrected chi connectivity index (χ1v) is 9.54. The number of ether oxygens (including phenoxy) is 2. The van der Waals surface area contributed by atoms with Gasteiger partial charge in [-0.2, -0.15) is 0 Å². The molecule has 8 nitrogen and oxygen atoms in total. The van der Waals surface area contributed by atoms with Crippen molar-refractivity contribution in [3.8, 4) is 5.75 Å². The van der Waals surface area contributed by atoms with Gasteiger partial charge in [0.2, 0.25) is 0 Å². The summed E-state index contributed by atoms with van der Waals surface area (Å²) in [5.41, 5.74) is 5.80. The zero-order chi connectivity index (χ0) is 22.4. The maximum atomic E-state index is 12.2. The molecule has 0 bridgehead atoms. The number of hydrogen-bond donors (Lipinski definition) is 2. The fraction of sp³-hybridized carbons (Fsp3) is 0.579. The molecule has 0 spiro atoms. The molecule has 0 atom stereocenters. The van der Waals surface area contributed by atoms with E-state index >= 15 is 0 Å². The highest BCUT2D eigenvalue weighted by Crippen LogP contribution is 2.23. The molecule has 1 saturated heterocycles. The van der Waals surface area contributed by atoms with E-state index < -0.39 is 12.0 Å². The van der Waals surface area contributed by atoms with Crippen LogP contribution in [0.1, 0.15) is 20.8 Å². The zero-order valence-electron chi connectivity index (χ0n) is 17.3. The first kappa shape index (κ1) is 23.6. The van der Waals surface area contributed by atoms with E-state index in [2.05, 4.69) is 19.9 Å². The Hall–Kier alpha value is -2.69. The van der Waals surface area contributed by atoms with E-state index in [4.69, 9.17) is 10.5 Å². The Morgan fingerprint density at radius 1 is 1.13 bits per heavy atom. The van der Waals surface area contributed by atoms with Gasteiger partial charge in [0.1, 0.15) is 11.4 Å². The van der Waals surface area contributed by atoms with Crippen LogP contribution in [-0.2, 0) is 4.74 Å². The van der Waals surface area contributed by atoms with Crippen LogP contribution in [0.15, 0.2) is 29.3 Å². The molecule has 1 heterocycles. The van der Waals surface area contributed by atoms with Crippen molar-refractivity contribution in [1.82, 2.24) is 9.80 Å². The quantitative estimate of drug-likeness (QED) is 0.550. The first-order valence-electron chi connectivity index (χ1n) is 9.54. The molecule has 1 amide bonds. The second-order valence-corrected chi connectivity index (χ2v) is 7.77. The van der Waals surface area contributed by atoms with Gasteiger partial charge in [0, 0.05) is 38.4 Å². The summed E-state index contributed by atoms with van der Waals surface area (Å²) in [6, 6.07) is 5.21. The van der Waals surface area contributed by atoms with Gasteiger partial charge in [-0.05, 0) is 45.0 Å². The molecular formula is C19H28F3N5O3. The average Bonchev–Trinajstić information content (AvgIpc) is 2.61. The van der Waals surface area contributed by atoms with Crippen molar-refractivity contribution >= 4 is 17.7 Å². The molecule has 2 rings (SSSR count). The molecule has 1 aromatic carbocycles. The number of anilines is 1. The van der Waals surface area contributed by atoms with Gasteiger partial charge in [-0.3, -0.25) is 9.89 Å². The van der Waals surface area contributed by atoms with Gasteiger partial charge >= 0.3 is 12.5 Å². The first-order chi connectivity index (χ1) is 13.9. The molecule has 1 aliphatic rings. The molecule has 168 valence electrons. The zero-order valence-corrected chi connectivity index (χ0v) is 17.3. The summed E-state index contributed by atoms with van der Waals surface area (Å²) >= 11 is 0. The third-order valence-corrected chi connectivity index (χ3v) is 4.08. The minimum atomic E-state index is -4.73. The molecule has 30 heavy (non-hydrogen) atoms. The van der Waals surface area contributed by atoms with Crippen LogP contribution in [0.3, 0.4) is 0 Å². The number of amides is 1. The van der Waals surface area contributed by atoms with Crippen LogP contribution in [0, 0.1) is 0 Å². The highest BCUT2D eigenvalue weighted by Gasteiger charge is 2.31. The Bertz CT molecular complexity index is 724. The number of nitrogens with two attached hydrogens (primary N) is 1. The monoisotopic (exact) mass is 431 g/mol. The van der Waals surface area contributed by atoms with Gasteiger partial charge in [-0.1, -0.05) is 0 Å². The fourth-order valence-corrected chi connectivity index (χ4v) is 2.72. The number of rotatable bonds is 5. The molecule has 0 aliphatic carbocycles. The minimum absolute atomic E-state index is 0.159. The third-order valence-electron chi connectivity index (χ3n) is 4.08. The second kappa shape index (κ2) is 9.88. The van der Waals surface area contributed by atoms with Crippen molar-refractivity contribution in [2.75, 3.05) is 44.6 Å². The predicted molar refractivity (Wildman–Crippen MR) is 107 cm³/mol. The number of carbonyl (C=O) groups excluding carboxylic acids is 1. The summed E-state index contributed by atoms with van der Waals surface area (Å²) in [6.07, 6.45) is -5.03. The van der Waals surface area contributed by atoms with Crippen LogP contribution < -0.4 is 15.8 Å². The number of halogens is 3. The molecular weight excluding hydrogens is 403 g/mol. The molecule has 0 unspecified atom stereocenters. The highest BCUT2D eigenvalue weighted by atomic mass is 19.4. The number of guanidine groups is 1. The number of nitrogens with one attached hydrogen (secondary N) is 1. The molecule has 0 saturated carbocycles. The van der Waals surface area contributed by atoms with Crippen molar-refractivity contribution in [1.29, 1.82) is 0 Å². The van der Waals surface area contributed by atoms with Gasteiger partial charge < -0.3 is 25.4 Å². The highest BCUT2D eigenvalue weighted by molar-refractivity contribution is 5.92. The van der Waals surface area contributed by atoms with Crippen molar-refractivity contribution in [3.63, 3.8) is 0 Å². The van der Waals surface area contributed by atoms with Crippen molar-refractivity contribution in [2.45, 2.75) is 32.7 Å². The number of aliphatic imine (C=N–C) groups is 1. The van der Waals surface area contributed by atoms with Gasteiger partial charge in [0.15, 0.2) is 5.96 Å². The standard InChI is InChI=1S/C19H28F3N5O3/c1-18(2,3)30-17(28)27-12-10-26(11-13-27)9-8-24-16(23)25-14-4-6-15(7-5-14)29-19(20,21)22/h4-7H,8-13H2,1-3H3,(H3,23,24,25). The summed E-state index contributed by atoms with van der Waals surface area (Å²) in [5.74, 6) is -0.152. The summed E-state index contributed by atoms with van der Waals surface area (Å²) in [6.45, 7) is 9.21. The Kier molecular flexibility index (Phi) is 7.77. The summed E-state index contributed by atoms with van der Waals surface area (Å²) in [5, 5.41) is 2.82. The van der Waals surface area contributed by atoms with Crippen LogP contribution in [0.2, 0.25) is 0 Å². The largest absolute Gasteiger partial charge is 0.573 e. The number of alkyl halides is 3. The predicted octanol–water partition coefficient (Wildman–Crippen LogP) is 2.86. The van der Waals surface area contributed by atoms with Gasteiger partial charge in [-0.25, -0.2) is 4.79 Å². The fourth-order valence-electron chi connectivity index (χ4n) is 2.72.